The van der Waals surface area contributed by atoms with Crippen LogP contribution < -0.4 is 0 Å². The lowest BCUT2D eigenvalue weighted by Gasteiger charge is -2.08. The second-order valence-electron chi connectivity index (χ2n) is 6.70. The molecule has 8 heteroatoms. The summed E-state index contributed by atoms with van der Waals surface area (Å²) in [6.07, 6.45) is 1.12. The first-order chi connectivity index (χ1) is 14.2. The molecule has 152 valence electrons. The molecule has 4 rings (SSSR count). The van der Waals surface area contributed by atoms with Gasteiger partial charge in [-0.15, -0.1) is 0 Å². The van der Waals surface area contributed by atoms with E-state index in [0.29, 0.717) is 16.4 Å². The molecule has 4 nitrogen and oxygen atoms in total. The summed E-state index contributed by atoms with van der Waals surface area (Å²) < 4.78 is 53.7. The predicted molar refractivity (Wildman–Crippen MR) is 112 cm³/mol. The molecule has 0 unspecified atom stereocenters. The quantitative estimate of drug-likeness (QED) is 0.415. The van der Waals surface area contributed by atoms with E-state index >= 15 is 0 Å². The zero-order chi connectivity index (χ0) is 21.5. The Hall–Kier alpha value is -3.03. The molecule has 1 aromatic heterocycles. The van der Waals surface area contributed by atoms with Gasteiger partial charge in [0, 0.05) is 16.8 Å². The topological polar surface area (TPSA) is 52.0 Å². The lowest BCUT2D eigenvalue weighted by molar-refractivity contribution is 0.588. The molecule has 0 radical (unpaired) electrons. The number of rotatable bonds is 4. The summed E-state index contributed by atoms with van der Waals surface area (Å²) in [6.45, 7) is 0. The van der Waals surface area contributed by atoms with Crippen LogP contribution in [0, 0.1) is 11.6 Å². The highest BCUT2D eigenvalue weighted by atomic mass is 35.5. The van der Waals surface area contributed by atoms with Crippen LogP contribution >= 0.6 is 11.6 Å². The first-order valence-corrected chi connectivity index (χ1v) is 11.1. The van der Waals surface area contributed by atoms with Crippen LogP contribution in [0.5, 0.6) is 0 Å². The third kappa shape index (κ3) is 3.86. The van der Waals surface area contributed by atoms with Crippen LogP contribution in [0.2, 0.25) is 5.02 Å². The molecule has 0 N–H and O–H groups in total. The van der Waals surface area contributed by atoms with Crippen molar-refractivity contribution in [1.29, 1.82) is 0 Å². The summed E-state index contributed by atoms with van der Waals surface area (Å²) in [5.74, 6) is -1.45. The largest absolute Gasteiger partial charge is 0.232 e. The lowest BCUT2D eigenvalue weighted by Crippen LogP contribution is -2.02. The Morgan fingerprint density at radius 3 is 2.07 bits per heavy atom. The fourth-order valence-electron chi connectivity index (χ4n) is 3.10. The van der Waals surface area contributed by atoms with Crippen molar-refractivity contribution in [2.24, 2.45) is 0 Å². The van der Waals surface area contributed by atoms with Crippen molar-refractivity contribution in [3.63, 3.8) is 0 Å². The van der Waals surface area contributed by atoms with Crippen LogP contribution in [0.25, 0.3) is 28.2 Å². The molecule has 0 aliphatic rings. The van der Waals surface area contributed by atoms with Gasteiger partial charge in [0.15, 0.2) is 9.84 Å². The van der Waals surface area contributed by atoms with Crippen LogP contribution in [0.4, 0.5) is 8.78 Å². The zero-order valence-corrected chi connectivity index (χ0v) is 17.3. The minimum atomic E-state index is -3.36. The van der Waals surface area contributed by atoms with Crippen LogP contribution in [0.3, 0.4) is 0 Å². The molecule has 1 heterocycles. The van der Waals surface area contributed by atoms with Crippen molar-refractivity contribution in [3.05, 3.63) is 89.5 Å². The van der Waals surface area contributed by atoms with Crippen molar-refractivity contribution in [1.82, 2.24) is 9.78 Å². The maximum absolute atomic E-state index is 14.3. The number of nitrogens with zero attached hydrogens (tertiary/aromatic N) is 2. The van der Waals surface area contributed by atoms with E-state index < -0.39 is 21.5 Å². The third-order valence-corrected chi connectivity index (χ3v) is 5.96. The number of sulfone groups is 1. The average Bonchev–Trinajstić information content (AvgIpc) is 3.13. The number of hydrogen-bond acceptors (Lipinski definition) is 3. The molecule has 3 aromatic carbocycles. The van der Waals surface area contributed by atoms with E-state index in [9.17, 15) is 17.2 Å². The number of halogens is 3. The van der Waals surface area contributed by atoms with E-state index in [1.807, 2.05) is 0 Å². The van der Waals surface area contributed by atoms with E-state index in [0.717, 1.165) is 11.8 Å². The van der Waals surface area contributed by atoms with Crippen molar-refractivity contribution in [3.8, 4) is 28.2 Å². The summed E-state index contributed by atoms with van der Waals surface area (Å²) in [4.78, 5) is 0.159. The molecule has 0 saturated heterocycles. The minimum Gasteiger partial charge on any atom is -0.232 e. The van der Waals surface area contributed by atoms with E-state index in [-0.39, 0.29) is 16.2 Å². The van der Waals surface area contributed by atoms with Crippen LogP contribution in [-0.2, 0) is 9.84 Å². The summed E-state index contributed by atoms with van der Waals surface area (Å²) in [6, 6.07) is 18.2. The second kappa shape index (κ2) is 7.66. The van der Waals surface area contributed by atoms with Crippen molar-refractivity contribution < 1.29 is 17.2 Å². The number of benzene rings is 3. The average molecular weight is 445 g/mol. The highest BCUT2D eigenvalue weighted by Crippen LogP contribution is 2.32. The monoisotopic (exact) mass is 444 g/mol. The maximum atomic E-state index is 14.3. The van der Waals surface area contributed by atoms with Gasteiger partial charge in [-0.25, -0.2) is 21.9 Å². The highest BCUT2D eigenvalue weighted by molar-refractivity contribution is 7.90. The molecule has 0 amide bonds. The fourth-order valence-corrected chi connectivity index (χ4v) is 3.86. The molecule has 0 bridgehead atoms. The Kier molecular flexibility index (Phi) is 5.17. The van der Waals surface area contributed by atoms with Gasteiger partial charge in [0.25, 0.3) is 0 Å². The Morgan fingerprint density at radius 2 is 1.50 bits per heavy atom. The van der Waals surface area contributed by atoms with Gasteiger partial charge in [-0.2, -0.15) is 5.10 Å². The predicted octanol–water partition coefficient (Wildman–Crippen LogP) is 5.54. The van der Waals surface area contributed by atoms with Gasteiger partial charge in [-0.1, -0.05) is 29.8 Å². The Balaban J connectivity index is 1.92. The normalized spacial score (nSPS) is 11.6. The maximum Gasteiger partial charge on any atom is 0.175 e. The SMILES string of the molecule is CS(=O)(=O)c1ccc(-n2nc(-c3c(F)cccc3F)cc2-c2ccc(Cl)cc2)cc1. The summed E-state index contributed by atoms with van der Waals surface area (Å²) in [7, 11) is -3.36. The fraction of sp³-hybridized carbons (Fsp3) is 0.0455. The molecule has 0 aliphatic heterocycles. The number of hydrogen-bond donors (Lipinski definition) is 0. The van der Waals surface area contributed by atoms with Gasteiger partial charge in [-0.3, -0.25) is 0 Å². The molecule has 0 aliphatic carbocycles. The smallest absolute Gasteiger partial charge is 0.175 e. The lowest BCUT2D eigenvalue weighted by atomic mass is 10.1. The second-order valence-corrected chi connectivity index (χ2v) is 9.15. The van der Waals surface area contributed by atoms with Crippen LogP contribution in [0.1, 0.15) is 0 Å². The molecular weight excluding hydrogens is 430 g/mol. The Bertz CT molecular complexity index is 1310. The first kappa shape index (κ1) is 20.3. The summed E-state index contributed by atoms with van der Waals surface area (Å²) >= 11 is 5.98. The molecule has 4 aromatic rings. The molecule has 0 spiro atoms. The van der Waals surface area contributed by atoms with Crippen molar-refractivity contribution >= 4 is 21.4 Å². The first-order valence-electron chi connectivity index (χ1n) is 8.85. The third-order valence-electron chi connectivity index (χ3n) is 4.58. The van der Waals surface area contributed by atoms with E-state index in [1.54, 1.807) is 42.5 Å². The summed E-state index contributed by atoms with van der Waals surface area (Å²) in [5.41, 5.74) is 1.70. The van der Waals surface area contributed by atoms with Gasteiger partial charge in [0.05, 0.1) is 27.5 Å². The molecule has 0 saturated carbocycles. The Morgan fingerprint density at radius 1 is 0.900 bits per heavy atom. The van der Waals surface area contributed by atoms with E-state index in [1.165, 1.54) is 35.0 Å². The van der Waals surface area contributed by atoms with Crippen LogP contribution in [-0.4, -0.2) is 24.5 Å². The standard InChI is InChI=1S/C22H15ClF2N2O2S/c1-30(28,29)17-11-9-16(10-12-17)27-21(14-5-7-15(23)8-6-14)13-20(26-27)22-18(24)3-2-4-19(22)25/h2-13H,1H3. The van der Waals surface area contributed by atoms with Crippen molar-refractivity contribution in [2.45, 2.75) is 4.90 Å². The van der Waals surface area contributed by atoms with Gasteiger partial charge in [0.2, 0.25) is 0 Å². The van der Waals surface area contributed by atoms with E-state index in [2.05, 4.69) is 5.10 Å². The van der Waals surface area contributed by atoms with E-state index in [4.69, 9.17) is 11.6 Å². The van der Waals surface area contributed by atoms with Crippen molar-refractivity contribution in [2.75, 3.05) is 6.26 Å². The summed E-state index contributed by atoms with van der Waals surface area (Å²) in [5, 5.41) is 4.96. The molecule has 0 fully saturated rings. The van der Waals surface area contributed by atoms with Gasteiger partial charge < -0.3 is 0 Å². The Labute approximate surface area is 177 Å². The van der Waals surface area contributed by atoms with Crippen LogP contribution in [0.15, 0.2) is 77.7 Å². The molecule has 30 heavy (non-hydrogen) atoms. The minimum absolute atomic E-state index is 0.114. The van der Waals surface area contributed by atoms with Gasteiger partial charge in [-0.05, 0) is 54.6 Å². The number of aromatic nitrogens is 2. The molecule has 0 atom stereocenters. The zero-order valence-electron chi connectivity index (χ0n) is 15.7. The highest BCUT2D eigenvalue weighted by Gasteiger charge is 2.19. The molecular formula is C22H15ClF2N2O2S. The van der Waals surface area contributed by atoms with Gasteiger partial charge in [0.1, 0.15) is 11.6 Å². The van der Waals surface area contributed by atoms with Gasteiger partial charge >= 0.3 is 0 Å².